The van der Waals surface area contributed by atoms with E-state index in [2.05, 4.69) is 15.9 Å². The van der Waals surface area contributed by atoms with Crippen LogP contribution in [0.1, 0.15) is 24.6 Å². The van der Waals surface area contributed by atoms with Gasteiger partial charge in [0.25, 0.3) is 0 Å². The fraction of sp³-hybridized carbons (Fsp3) is 0.583. The van der Waals surface area contributed by atoms with Crippen LogP contribution in [-0.4, -0.2) is 18.5 Å². The Bertz CT molecular complexity index is 371. The normalized spacial score (nSPS) is 17.4. The van der Waals surface area contributed by atoms with Gasteiger partial charge in [0, 0.05) is 17.9 Å². The third-order valence-electron chi connectivity index (χ3n) is 2.69. The highest BCUT2D eigenvalue weighted by Gasteiger charge is 2.36. The van der Waals surface area contributed by atoms with E-state index >= 15 is 0 Å². The Morgan fingerprint density at radius 2 is 2.38 bits per heavy atom. The summed E-state index contributed by atoms with van der Waals surface area (Å²) in [6.45, 7) is 2.57. The van der Waals surface area contributed by atoms with E-state index in [1.54, 1.807) is 11.3 Å². The van der Waals surface area contributed by atoms with Crippen LogP contribution in [0.3, 0.4) is 0 Å². The molecule has 0 spiro atoms. The average Bonchev–Trinajstić information content (AvgIpc) is 3.00. The molecular weight excluding hydrogens is 288 g/mol. The molecular formula is C12H15BrO2S. The lowest BCUT2D eigenvalue weighted by molar-refractivity contribution is -0.130. The monoisotopic (exact) mass is 302 g/mol. The number of carbonyl (C=O) groups excluding carboxylic acids is 1. The molecule has 1 aromatic heterocycles. The minimum absolute atomic E-state index is 0.161. The predicted molar refractivity (Wildman–Crippen MR) is 68.9 cm³/mol. The second kappa shape index (κ2) is 5.43. The Labute approximate surface area is 108 Å². The van der Waals surface area contributed by atoms with Crippen LogP contribution in [0.25, 0.3) is 0 Å². The maximum Gasteiger partial charge on any atom is 0.167 e. The molecule has 0 bridgehead atoms. The van der Waals surface area contributed by atoms with Gasteiger partial charge in [-0.05, 0) is 53.7 Å². The lowest BCUT2D eigenvalue weighted by Gasteiger charge is -2.14. The van der Waals surface area contributed by atoms with Crippen molar-refractivity contribution in [3.05, 3.63) is 20.8 Å². The summed E-state index contributed by atoms with van der Waals surface area (Å²) in [7, 11) is 0. The zero-order chi connectivity index (χ0) is 11.5. The van der Waals surface area contributed by atoms with Crippen LogP contribution < -0.4 is 0 Å². The molecule has 1 saturated carbocycles. The van der Waals surface area contributed by atoms with E-state index in [0.717, 1.165) is 21.5 Å². The summed E-state index contributed by atoms with van der Waals surface area (Å²) < 4.78 is 6.63. The molecule has 1 aliphatic carbocycles. The summed E-state index contributed by atoms with van der Waals surface area (Å²) >= 11 is 5.03. The van der Waals surface area contributed by atoms with E-state index in [1.165, 1.54) is 0 Å². The second-order valence-electron chi connectivity index (χ2n) is 4.06. The van der Waals surface area contributed by atoms with Crippen molar-refractivity contribution in [2.45, 2.75) is 32.3 Å². The highest BCUT2D eigenvalue weighted by Crippen LogP contribution is 2.35. The minimum Gasteiger partial charge on any atom is -0.370 e. The van der Waals surface area contributed by atoms with Crippen molar-refractivity contribution in [2.24, 2.45) is 5.92 Å². The fourth-order valence-corrected chi connectivity index (χ4v) is 3.28. The first-order valence-corrected chi connectivity index (χ1v) is 7.20. The van der Waals surface area contributed by atoms with Gasteiger partial charge in [-0.15, -0.1) is 11.3 Å². The van der Waals surface area contributed by atoms with Crippen LogP contribution in [0, 0.1) is 5.92 Å². The zero-order valence-electron chi connectivity index (χ0n) is 9.24. The lowest BCUT2D eigenvalue weighted by atomic mass is 10.1. The van der Waals surface area contributed by atoms with Crippen molar-refractivity contribution >= 4 is 33.0 Å². The molecule has 0 radical (unpaired) electrons. The van der Waals surface area contributed by atoms with E-state index in [0.29, 0.717) is 18.9 Å². The Hall–Kier alpha value is -0.190. The number of ketones is 1. The molecule has 1 fully saturated rings. The van der Waals surface area contributed by atoms with Gasteiger partial charge in [-0.3, -0.25) is 4.79 Å². The molecule has 4 heteroatoms. The van der Waals surface area contributed by atoms with Gasteiger partial charge in [-0.25, -0.2) is 0 Å². The van der Waals surface area contributed by atoms with Crippen LogP contribution >= 0.6 is 27.3 Å². The molecule has 0 aliphatic heterocycles. The molecule has 0 N–H and O–H groups in total. The highest BCUT2D eigenvalue weighted by atomic mass is 79.9. The summed E-state index contributed by atoms with van der Waals surface area (Å²) in [5.41, 5.74) is 0. The number of carbonyl (C=O) groups is 1. The van der Waals surface area contributed by atoms with Gasteiger partial charge in [-0.1, -0.05) is 0 Å². The summed E-state index contributed by atoms with van der Waals surface area (Å²) in [6, 6.07) is 3.99. The molecule has 16 heavy (non-hydrogen) atoms. The van der Waals surface area contributed by atoms with Crippen molar-refractivity contribution in [1.82, 2.24) is 0 Å². The molecule has 2 rings (SSSR count). The second-order valence-corrected chi connectivity index (χ2v) is 6.61. The van der Waals surface area contributed by atoms with Gasteiger partial charge < -0.3 is 4.74 Å². The largest absolute Gasteiger partial charge is 0.370 e. The predicted octanol–water partition coefficient (Wildman–Crippen LogP) is 3.44. The van der Waals surface area contributed by atoms with Crippen molar-refractivity contribution in [2.75, 3.05) is 6.61 Å². The van der Waals surface area contributed by atoms with Crippen LogP contribution in [0.5, 0.6) is 0 Å². The standard InChI is InChI=1S/C12H15BrO2S/c1-2-15-12(8-3-4-8)10(14)7-9-5-6-11(13)16-9/h5-6,8,12H,2-4,7H2,1H3. The van der Waals surface area contributed by atoms with Crippen LogP contribution in [0.2, 0.25) is 0 Å². The number of rotatable bonds is 6. The molecule has 1 aromatic rings. The Balaban J connectivity index is 1.94. The van der Waals surface area contributed by atoms with Gasteiger partial charge in [0.15, 0.2) is 5.78 Å². The van der Waals surface area contributed by atoms with E-state index in [1.807, 2.05) is 19.1 Å². The van der Waals surface area contributed by atoms with Gasteiger partial charge in [0.1, 0.15) is 6.10 Å². The number of halogens is 1. The molecule has 2 nitrogen and oxygen atoms in total. The fourth-order valence-electron chi connectivity index (χ4n) is 1.79. The van der Waals surface area contributed by atoms with Gasteiger partial charge in [-0.2, -0.15) is 0 Å². The van der Waals surface area contributed by atoms with Crippen LogP contribution in [0.15, 0.2) is 15.9 Å². The van der Waals surface area contributed by atoms with Crippen molar-refractivity contribution in [1.29, 1.82) is 0 Å². The van der Waals surface area contributed by atoms with Crippen LogP contribution in [-0.2, 0) is 16.0 Å². The van der Waals surface area contributed by atoms with Gasteiger partial charge >= 0.3 is 0 Å². The molecule has 0 amide bonds. The van der Waals surface area contributed by atoms with Crippen molar-refractivity contribution in [3.8, 4) is 0 Å². The molecule has 0 saturated heterocycles. The third-order valence-corrected chi connectivity index (χ3v) is 4.31. The molecule has 1 aliphatic rings. The minimum atomic E-state index is -0.161. The van der Waals surface area contributed by atoms with Crippen LogP contribution in [0.4, 0.5) is 0 Å². The summed E-state index contributed by atoms with van der Waals surface area (Å²) in [5, 5.41) is 0. The SMILES string of the molecule is CCOC(C(=O)Cc1ccc(Br)s1)C1CC1. The highest BCUT2D eigenvalue weighted by molar-refractivity contribution is 9.11. The number of Topliss-reactive ketones (excluding diaryl/α,β-unsaturated/α-hetero) is 1. The van der Waals surface area contributed by atoms with Crippen molar-refractivity contribution in [3.63, 3.8) is 0 Å². The van der Waals surface area contributed by atoms with Gasteiger partial charge in [0.05, 0.1) is 3.79 Å². The zero-order valence-corrected chi connectivity index (χ0v) is 11.6. The lowest BCUT2D eigenvalue weighted by Crippen LogP contribution is -2.27. The third kappa shape index (κ3) is 3.15. The number of ether oxygens (including phenoxy) is 1. The summed E-state index contributed by atoms with van der Waals surface area (Å²) in [4.78, 5) is 13.2. The molecule has 1 atom stereocenters. The number of thiophene rings is 1. The number of hydrogen-bond donors (Lipinski definition) is 0. The Morgan fingerprint density at radius 1 is 1.62 bits per heavy atom. The topological polar surface area (TPSA) is 26.3 Å². The molecule has 1 heterocycles. The summed E-state index contributed by atoms with van der Waals surface area (Å²) in [6.07, 6.45) is 2.64. The molecule has 1 unspecified atom stereocenters. The molecule has 88 valence electrons. The van der Waals surface area contributed by atoms with E-state index in [9.17, 15) is 4.79 Å². The Kier molecular flexibility index (Phi) is 4.16. The quantitative estimate of drug-likeness (QED) is 0.805. The average molecular weight is 303 g/mol. The first kappa shape index (κ1) is 12.3. The maximum atomic E-state index is 12.1. The van der Waals surface area contributed by atoms with E-state index in [-0.39, 0.29) is 11.9 Å². The number of hydrogen-bond acceptors (Lipinski definition) is 3. The first-order valence-electron chi connectivity index (χ1n) is 5.59. The first-order chi connectivity index (χ1) is 7.70. The Morgan fingerprint density at radius 3 is 2.88 bits per heavy atom. The maximum absolute atomic E-state index is 12.1. The van der Waals surface area contributed by atoms with Crippen molar-refractivity contribution < 1.29 is 9.53 Å². The molecule has 0 aromatic carbocycles. The van der Waals surface area contributed by atoms with Gasteiger partial charge in [0.2, 0.25) is 0 Å². The smallest absolute Gasteiger partial charge is 0.167 e. The van der Waals surface area contributed by atoms with E-state index in [4.69, 9.17) is 4.74 Å². The van der Waals surface area contributed by atoms with E-state index < -0.39 is 0 Å². The summed E-state index contributed by atoms with van der Waals surface area (Å²) in [5.74, 6) is 0.717.